The molecule has 146 valence electrons. The number of unbranched alkanes of at least 4 members (excludes halogenated alkanes) is 1. The monoisotopic (exact) mass is 407 g/mol. The minimum Gasteiger partial charge on any atom is -0.505 e. The Morgan fingerprint density at radius 3 is 2.75 bits per heavy atom. The molecule has 1 heterocycles. The number of nitrogens with zero attached hydrogens (tertiary/aromatic N) is 1. The van der Waals surface area contributed by atoms with Gasteiger partial charge in [0.2, 0.25) is 5.82 Å². The largest absolute Gasteiger partial charge is 0.505 e. The van der Waals surface area contributed by atoms with Gasteiger partial charge in [-0.05, 0) is 36.8 Å². The molecule has 5 nitrogen and oxygen atoms in total. The Balaban J connectivity index is 1.99. The van der Waals surface area contributed by atoms with E-state index in [1.54, 1.807) is 0 Å². The van der Waals surface area contributed by atoms with E-state index < -0.39 is 23.4 Å². The van der Waals surface area contributed by atoms with E-state index in [0.717, 1.165) is 12.5 Å². The molecule has 0 aliphatic heterocycles. The molecule has 2 aromatic carbocycles. The Morgan fingerprint density at radius 2 is 2.00 bits per heavy atom. The lowest BCUT2D eigenvalue weighted by molar-refractivity contribution is 0.0489. The van der Waals surface area contributed by atoms with Gasteiger partial charge < -0.3 is 14.6 Å². The molecule has 3 aromatic rings. The van der Waals surface area contributed by atoms with Crippen LogP contribution in [0.25, 0.3) is 10.8 Å². The summed E-state index contributed by atoms with van der Waals surface area (Å²) in [4.78, 5) is 16.1. The van der Waals surface area contributed by atoms with Crippen LogP contribution in [-0.4, -0.2) is 22.7 Å². The van der Waals surface area contributed by atoms with Crippen LogP contribution in [0.5, 0.6) is 17.2 Å². The van der Waals surface area contributed by atoms with Gasteiger partial charge in [-0.3, -0.25) is 0 Å². The number of carbonyl (C=O) groups excluding carboxylic acids is 1. The molecule has 3 rings (SSSR count). The zero-order chi connectivity index (χ0) is 20.3. The quantitative estimate of drug-likeness (QED) is 0.326. The number of aromatic nitrogens is 1. The maximum absolute atomic E-state index is 13.8. The van der Waals surface area contributed by atoms with Crippen LogP contribution in [0.4, 0.5) is 8.78 Å². The van der Waals surface area contributed by atoms with Crippen LogP contribution >= 0.6 is 11.6 Å². The number of halogens is 3. The summed E-state index contributed by atoms with van der Waals surface area (Å²) in [5, 5.41) is 11.0. The molecule has 0 radical (unpaired) electrons. The van der Waals surface area contributed by atoms with Gasteiger partial charge in [0, 0.05) is 10.8 Å². The topological polar surface area (TPSA) is 68.7 Å². The van der Waals surface area contributed by atoms with E-state index in [0.29, 0.717) is 11.8 Å². The molecule has 0 spiro atoms. The zero-order valence-corrected chi connectivity index (χ0v) is 15.6. The Kier molecular flexibility index (Phi) is 5.94. The van der Waals surface area contributed by atoms with Gasteiger partial charge >= 0.3 is 5.97 Å². The van der Waals surface area contributed by atoms with Crippen molar-refractivity contribution in [2.45, 2.75) is 19.8 Å². The fourth-order valence-corrected chi connectivity index (χ4v) is 2.76. The smallest absolute Gasteiger partial charge is 0.360 e. The van der Waals surface area contributed by atoms with Gasteiger partial charge in [0.1, 0.15) is 10.9 Å². The van der Waals surface area contributed by atoms with Crippen molar-refractivity contribution in [2.24, 2.45) is 0 Å². The van der Waals surface area contributed by atoms with E-state index in [4.69, 9.17) is 21.1 Å². The second-order valence-electron chi connectivity index (χ2n) is 5.95. The molecule has 0 saturated carbocycles. The third kappa shape index (κ3) is 3.99. The number of hydrogen-bond acceptors (Lipinski definition) is 5. The highest BCUT2D eigenvalue weighted by atomic mass is 35.5. The van der Waals surface area contributed by atoms with Crippen LogP contribution in [0, 0.1) is 11.6 Å². The summed E-state index contributed by atoms with van der Waals surface area (Å²) >= 11 is 6.12. The van der Waals surface area contributed by atoms with E-state index >= 15 is 0 Å². The third-order valence-corrected chi connectivity index (χ3v) is 4.26. The molecular weight excluding hydrogens is 392 g/mol. The van der Waals surface area contributed by atoms with Crippen molar-refractivity contribution < 1.29 is 28.2 Å². The van der Waals surface area contributed by atoms with Gasteiger partial charge in [0.15, 0.2) is 23.0 Å². The SMILES string of the molecule is CCCCOC(=O)c1nc(Cl)c2ccc(Oc3cccc(F)c3F)cc2c1O. The summed E-state index contributed by atoms with van der Waals surface area (Å²) in [6.45, 7) is 2.13. The number of hydrogen-bond donors (Lipinski definition) is 1. The first-order valence-corrected chi connectivity index (χ1v) is 8.91. The Morgan fingerprint density at radius 1 is 1.21 bits per heavy atom. The van der Waals surface area contributed by atoms with Crippen molar-refractivity contribution >= 4 is 28.3 Å². The normalized spacial score (nSPS) is 10.9. The second kappa shape index (κ2) is 8.39. The number of aromatic hydroxyl groups is 1. The fourth-order valence-electron chi connectivity index (χ4n) is 2.51. The maximum Gasteiger partial charge on any atom is 0.360 e. The van der Waals surface area contributed by atoms with Gasteiger partial charge in [-0.2, -0.15) is 4.39 Å². The molecule has 0 atom stereocenters. The van der Waals surface area contributed by atoms with Crippen molar-refractivity contribution in [3.8, 4) is 17.2 Å². The molecule has 0 fully saturated rings. The lowest BCUT2D eigenvalue weighted by atomic mass is 10.1. The van der Waals surface area contributed by atoms with E-state index in [2.05, 4.69) is 4.98 Å². The molecular formula is C20H16ClF2NO4. The maximum atomic E-state index is 13.8. The first kappa shape index (κ1) is 19.8. The van der Waals surface area contributed by atoms with E-state index in [-0.39, 0.29) is 34.3 Å². The van der Waals surface area contributed by atoms with Crippen LogP contribution in [0.1, 0.15) is 30.3 Å². The summed E-state index contributed by atoms with van der Waals surface area (Å²) in [6, 6.07) is 7.83. The van der Waals surface area contributed by atoms with Crippen molar-refractivity contribution in [3.63, 3.8) is 0 Å². The summed E-state index contributed by atoms with van der Waals surface area (Å²) in [6.07, 6.45) is 1.51. The van der Waals surface area contributed by atoms with Crippen LogP contribution in [0.15, 0.2) is 36.4 Å². The fraction of sp³-hybridized carbons (Fsp3) is 0.200. The molecule has 0 bridgehead atoms. The number of ether oxygens (including phenoxy) is 2. The van der Waals surface area contributed by atoms with Crippen molar-refractivity contribution in [1.82, 2.24) is 4.98 Å². The molecule has 8 heteroatoms. The first-order chi connectivity index (χ1) is 13.4. The van der Waals surface area contributed by atoms with E-state index in [1.165, 1.54) is 30.3 Å². The summed E-state index contributed by atoms with van der Waals surface area (Å²) in [5.41, 5.74) is -0.331. The Hall–Kier alpha value is -2.93. The molecule has 1 aromatic heterocycles. The Labute approximate surface area is 164 Å². The van der Waals surface area contributed by atoms with Crippen LogP contribution in [0.2, 0.25) is 5.15 Å². The average Bonchev–Trinajstić information content (AvgIpc) is 2.68. The summed E-state index contributed by atoms with van der Waals surface area (Å²) in [5.74, 6) is -3.65. The minimum absolute atomic E-state index is 0.0151. The molecule has 1 N–H and O–H groups in total. The number of rotatable bonds is 6. The van der Waals surface area contributed by atoms with Gasteiger partial charge in [-0.15, -0.1) is 0 Å². The molecule has 0 amide bonds. The molecule has 0 aliphatic carbocycles. The van der Waals surface area contributed by atoms with Crippen LogP contribution < -0.4 is 4.74 Å². The van der Waals surface area contributed by atoms with E-state index in [1.807, 2.05) is 6.92 Å². The first-order valence-electron chi connectivity index (χ1n) is 8.53. The minimum atomic E-state index is -1.14. The number of esters is 1. The van der Waals surface area contributed by atoms with Gasteiger partial charge in [-0.1, -0.05) is 31.0 Å². The van der Waals surface area contributed by atoms with Crippen molar-refractivity contribution in [1.29, 1.82) is 0 Å². The zero-order valence-electron chi connectivity index (χ0n) is 14.8. The Bertz CT molecular complexity index is 1040. The summed E-state index contributed by atoms with van der Waals surface area (Å²) < 4.78 is 37.6. The van der Waals surface area contributed by atoms with Crippen molar-refractivity contribution in [2.75, 3.05) is 6.61 Å². The average molecular weight is 408 g/mol. The number of fused-ring (bicyclic) bond motifs is 1. The highest BCUT2D eigenvalue weighted by molar-refractivity contribution is 6.34. The lowest BCUT2D eigenvalue weighted by Crippen LogP contribution is -2.09. The summed E-state index contributed by atoms with van der Waals surface area (Å²) in [7, 11) is 0. The highest BCUT2D eigenvalue weighted by Crippen LogP contribution is 2.36. The predicted molar refractivity (Wildman–Crippen MR) is 100 cm³/mol. The van der Waals surface area contributed by atoms with Gasteiger partial charge in [0.25, 0.3) is 0 Å². The van der Waals surface area contributed by atoms with Gasteiger partial charge in [0.05, 0.1) is 6.61 Å². The standard InChI is InChI=1S/C20H16ClF2NO4/c1-2-3-9-27-20(26)17-18(25)13-10-11(7-8-12(13)19(21)24-17)28-15-6-4-5-14(22)16(15)23/h4-8,10,25H,2-3,9H2,1H3. The number of benzene rings is 2. The second-order valence-corrected chi connectivity index (χ2v) is 6.31. The molecule has 0 aliphatic rings. The number of pyridine rings is 1. The van der Waals surface area contributed by atoms with E-state index in [9.17, 15) is 18.7 Å². The van der Waals surface area contributed by atoms with Crippen LogP contribution in [0.3, 0.4) is 0 Å². The van der Waals surface area contributed by atoms with Gasteiger partial charge in [-0.25, -0.2) is 14.2 Å². The molecule has 0 unspecified atom stereocenters. The van der Waals surface area contributed by atoms with Crippen molar-refractivity contribution in [3.05, 3.63) is 58.9 Å². The molecule has 0 saturated heterocycles. The number of carbonyl (C=O) groups is 1. The lowest BCUT2D eigenvalue weighted by Gasteiger charge is -2.11. The van der Waals surface area contributed by atoms with Crippen LogP contribution in [-0.2, 0) is 4.74 Å². The molecule has 28 heavy (non-hydrogen) atoms. The highest BCUT2D eigenvalue weighted by Gasteiger charge is 2.20. The predicted octanol–water partition coefficient (Wildman–Crippen LogP) is 5.62. The third-order valence-electron chi connectivity index (χ3n) is 3.97.